The second-order valence-electron chi connectivity index (χ2n) is 6.08. The van der Waals surface area contributed by atoms with Crippen molar-refractivity contribution in [3.8, 4) is 0 Å². The van der Waals surface area contributed by atoms with Gasteiger partial charge in [0.25, 0.3) is 0 Å². The van der Waals surface area contributed by atoms with Gasteiger partial charge in [-0.3, -0.25) is 9.69 Å². The third-order valence-corrected chi connectivity index (χ3v) is 4.13. The molecule has 1 aromatic carbocycles. The molecule has 0 radical (unpaired) electrons. The smallest absolute Gasteiger partial charge is 0.240 e. The zero-order valence-electron chi connectivity index (χ0n) is 14.9. The highest BCUT2D eigenvalue weighted by Gasteiger charge is 2.26. The number of nitrogens with two attached hydrogens (primary N) is 1. The Hall–Kier alpha value is -1.10. The van der Waals surface area contributed by atoms with Gasteiger partial charge in [0.05, 0.1) is 5.54 Å². The van der Waals surface area contributed by atoms with Gasteiger partial charge in [-0.15, -0.1) is 12.4 Å². The third-order valence-electron chi connectivity index (χ3n) is 4.13. The second kappa shape index (κ2) is 10.6. The Morgan fingerprint density at radius 3 is 2.26 bits per heavy atom. The third kappa shape index (κ3) is 6.90. The van der Waals surface area contributed by atoms with Crippen LogP contribution in [0.1, 0.15) is 51.7 Å². The Morgan fingerprint density at radius 1 is 1.17 bits per heavy atom. The minimum atomic E-state index is -0.789. The maximum atomic E-state index is 12.2. The van der Waals surface area contributed by atoms with Gasteiger partial charge in [0.15, 0.2) is 0 Å². The van der Waals surface area contributed by atoms with Gasteiger partial charge in [-0.2, -0.15) is 0 Å². The van der Waals surface area contributed by atoms with Crippen LogP contribution < -0.4 is 11.1 Å². The first kappa shape index (κ1) is 21.9. The maximum Gasteiger partial charge on any atom is 0.240 e. The van der Waals surface area contributed by atoms with Crippen LogP contribution in [0, 0.1) is 0 Å². The average molecular weight is 342 g/mol. The van der Waals surface area contributed by atoms with Gasteiger partial charge in [0.1, 0.15) is 0 Å². The highest BCUT2D eigenvalue weighted by Crippen LogP contribution is 2.13. The molecule has 1 atom stereocenters. The lowest BCUT2D eigenvalue weighted by molar-refractivity contribution is -0.126. The normalized spacial score (nSPS) is 13.3. The lowest BCUT2D eigenvalue weighted by Crippen LogP contribution is -2.51. The molecule has 0 heterocycles. The Kier molecular flexibility index (Phi) is 10.1. The van der Waals surface area contributed by atoms with E-state index in [9.17, 15) is 4.79 Å². The van der Waals surface area contributed by atoms with Crippen LogP contribution in [0.25, 0.3) is 0 Å². The van der Waals surface area contributed by atoms with Crippen LogP contribution in [0.15, 0.2) is 24.3 Å². The van der Waals surface area contributed by atoms with Crippen LogP contribution in [0.5, 0.6) is 0 Å². The van der Waals surface area contributed by atoms with E-state index in [-0.39, 0.29) is 18.3 Å². The Balaban J connectivity index is 0.00000484. The summed E-state index contributed by atoms with van der Waals surface area (Å²) >= 11 is 0. The van der Waals surface area contributed by atoms with Gasteiger partial charge in [-0.05, 0) is 37.6 Å². The molecule has 0 saturated heterocycles. The van der Waals surface area contributed by atoms with Crippen molar-refractivity contribution in [2.75, 3.05) is 13.1 Å². The van der Waals surface area contributed by atoms with Gasteiger partial charge in [-0.25, -0.2) is 0 Å². The number of hydrogen-bond donors (Lipinski definition) is 2. The van der Waals surface area contributed by atoms with Crippen molar-refractivity contribution in [3.63, 3.8) is 0 Å². The zero-order valence-corrected chi connectivity index (χ0v) is 15.7. The van der Waals surface area contributed by atoms with E-state index in [4.69, 9.17) is 5.73 Å². The van der Waals surface area contributed by atoms with Crippen molar-refractivity contribution in [2.45, 2.75) is 59.2 Å². The van der Waals surface area contributed by atoms with Gasteiger partial charge >= 0.3 is 0 Å². The summed E-state index contributed by atoms with van der Waals surface area (Å²) < 4.78 is 0. The van der Waals surface area contributed by atoms with E-state index < -0.39 is 5.54 Å². The predicted octanol–water partition coefficient (Wildman–Crippen LogP) is 3.08. The van der Waals surface area contributed by atoms with E-state index in [1.165, 1.54) is 5.56 Å². The van der Waals surface area contributed by atoms with Crippen molar-refractivity contribution in [2.24, 2.45) is 5.73 Å². The lowest BCUT2D eigenvalue weighted by Gasteiger charge is -2.24. The molecule has 4 nitrogen and oxygen atoms in total. The number of halogens is 1. The molecule has 5 heteroatoms. The Labute approximate surface area is 147 Å². The van der Waals surface area contributed by atoms with Crippen LogP contribution in [0.2, 0.25) is 0 Å². The molecular formula is C18H32ClN3O. The fourth-order valence-corrected chi connectivity index (χ4v) is 2.58. The molecule has 23 heavy (non-hydrogen) atoms. The molecule has 0 aliphatic heterocycles. The second-order valence-corrected chi connectivity index (χ2v) is 6.08. The number of nitrogens with zero attached hydrogens (tertiary/aromatic N) is 1. The summed E-state index contributed by atoms with van der Waals surface area (Å²) in [6.07, 6.45) is 1.60. The topological polar surface area (TPSA) is 58.4 Å². The summed E-state index contributed by atoms with van der Waals surface area (Å²) in [5, 5.41) is 2.99. The summed E-state index contributed by atoms with van der Waals surface area (Å²) in [6, 6.07) is 8.27. The van der Waals surface area contributed by atoms with Gasteiger partial charge < -0.3 is 11.1 Å². The quantitative estimate of drug-likeness (QED) is 0.725. The van der Waals surface area contributed by atoms with Crippen molar-refractivity contribution in [3.05, 3.63) is 35.4 Å². The number of carbonyl (C=O) groups excluding carboxylic acids is 1. The fourth-order valence-electron chi connectivity index (χ4n) is 2.58. The van der Waals surface area contributed by atoms with Gasteiger partial charge in [0.2, 0.25) is 5.91 Å². The van der Waals surface area contributed by atoms with Gasteiger partial charge in [-0.1, -0.05) is 51.5 Å². The number of rotatable bonds is 9. The van der Waals surface area contributed by atoms with E-state index >= 15 is 0 Å². The summed E-state index contributed by atoms with van der Waals surface area (Å²) in [7, 11) is 0. The molecule has 0 bridgehead atoms. The summed E-state index contributed by atoms with van der Waals surface area (Å²) in [5.41, 5.74) is 7.71. The molecule has 0 aliphatic rings. The van der Waals surface area contributed by atoms with E-state index in [0.29, 0.717) is 13.0 Å². The number of benzene rings is 1. The Bertz CT molecular complexity index is 473. The minimum absolute atomic E-state index is 0. The summed E-state index contributed by atoms with van der Waals surface area (Å²) in [5.74, 6) is -0.0769. The molecule has 132 valence electrons. The molecule has 1 rings (SSSR count). The van der Waals surface area contributed by atoms with Crippen LogP contribution in [0.4, 0.5) is 0 Å². The standard InChI is InChI=1S/C18H31N3O.ClH/c1-5-12-18(4,19)17(22)20-13-15-10-8-9-11-16(15)14-21(6-2)7-3;/h8-11H,5-7,12-14,19H2,1-4H3,(H,20,22);1H. The number of carbonyl (C=O) groups is 1. The first-order valence-corrected chi connectivity index (χ1v) is 8.30. The molecule has 1 aromatic rings. The van der Waals surface area contributed by atoms with Crippen LogP contribution >= 0.6 is 12.4 Å². The molecule has 3 N–H and O–H groups in total. The number of nitrogens with one attached hydrogen (secondary N) is 1. The average Bonchev–Trinajstić information content (AvgIpc) is 2.51. The van der Waals surface area contributed by atoms with Crippen LogP contribution in [-0.2, 0) is 17.9 Å². The summed E-state index contributed by atoms with van der Waals surface area (Å²) in [6.45, 7) is 11.7. The molecular weight excluding hydrogens is 310 g/mol. The van der Waals surface area contributed by atoms with Crippen molar-refractivity contribution in [1.82, 2.24) is 10.2 Å². The molecule has 1 amide bonds. The minimum Gasteiger partial charge on any atom is -0.350 e. The number of amides is 1. The SMILES string of the molecule is CCCC(C)(N)C(=O)NCc1ccccc1CN(CC)CC.Cl. The molecule has 1 unspecified atom stereocenters. The van der Waals surface area contributed by atoms with Crippen LogP contribution in [-0.4, -0.2) is 29.4 Å². The maximum absolute atomic E-state index is 12.2. The zero-order chi connectivity index (χ0) is 16.6. The first-order chi connectivity index (χ1) is 10.4. The molecule has 0 saturated carbocycles. The highest BCUT2D eigenvalue weighted by atomic mass is 35.5. The number of hydrogen-bond acceptors (Lipinski definition) is 3. The van der Waals surface area contributed by atoms with E-state index in [1.54, 1.807) is 6.92 Å². The summed E-state index contributed by atoms with van der Waals surface area (Å²) in [4.78, 5) is 14.6. The molecule has 0 aliphatic carbocycles. The Morgan fingerprint density at radius 2 is 1.74 bits per heavy atom. The van der Waals surface area contributed by atoms with E-state index in [1.807, 2.05) is 19.1 Å². The van der Waals surface area contributed by atoms with Crippen molar-refractivity contribution >= 4 is 18.3 Å². The van der Waals surface area contributed by atoms with Crippen molar-refractivity contribution in [1.29, 1.82) is 0 Å². The molecule has 0 spiro atoms. The highest BCUT2D eigenvalue weighted by molar-refractivity contribution is 5.85. The molecule has 0 fully saturated rings. The predicted molar refractivity (Wildman–Crippen MR) is 99.7 cm³/mol. The fraction of sp³-hybridized carbons (Fsp3) is 0.611. The van der Waals surface area contributed by atoms with Crippen LogP contribution in [0.3, 0.4) is 0 Å². The molecule has 0 aromatic heterocycles. The van der Waals surface area contributed by atoms with Gasteiger partial charge in [0, 0.05) is 13.1 Å². The monoisotopic (exact) mass is 341 g/mol. The van der Waals surface area contributed by atoms with E-state index in [0.717, 1.165) is 31.6 Å². The first-order valence-electron chi connectivity index (χ1n) is 8.30. The largest absolute Gasteiger partial charge is 0.350 e. The lowest BCUT2D eigenvalue weighted by atomic mass is 9.96. The van der Waals surface area contributed by atoms with E-state index in [2.05, 4.69) is 36.2 Å². The van der Waals surface area contributed by atoms with Crippen molar-refractivity contribution < 1.29 is 4.79 Å².